The Morgan fingerprint density at radius 1 is 1.44 bits per heavy atom. The SMILES string of the molecule is Cc1cnc2sc(CN3CCOCC3)cn2c1=O. The lowest BCUT2D eigenvalue weighted by molar-refractivity contribution is 0.0346. The fourth-order valence-electron chi connectivity index (χ4n) is 2.08. The molecule has 1 aliphatic rings. The number of rotatable bonds is 2. The number of aryl methyl sites for hydroxylation is 1. The van der Waals surface area contributed by atoms with Gasteiger partial charge in [-0.25, -0.2) is 4.98 Å². The highest BCUT2D eigenvalue weighted by atomic mass is 32.1. The minimum atomic E-state index is 0.0319. The Hall–Kier alpha value is -1.24. The minimum Gasteiger partial charge on any atom is -0.379 e. The molecule has 5 nitrogen and oxygen atoms in total. The van der Waals surface area contributed by atoms with E-state index in [1.165, 1.54) is 4.88 Å². The molecule has 0 unspecified atom stereocenters. The van der Waals surface area contributed by atoms with Crippen molar-refractivity contribution in [2.45, 2.75) is 13.5 Å². The normalized spacial score (nSPS) is 17.4. The van der Waals surface area contributed by atoms with Crippen LogP contribution in [-0.2, 0) is 11.3 Å². The van der Waals surface area contributed by atoms with E-state index in [-0.39, 0.29) is 5.56 Å². The van der Waals surface area contributed by atoms with Crippen LogP contribution in [0.15, 0.2) is 17.2 Å². The van der Waals surface area contributed by atoms with Crippen LogP contribution in [0.1, 0.15) is 10.4 Å². The summed E-state index contributed by atoms with van der Waals surface area (Å²) in [5.41, 5.74) is 0.715. The average Bonchev–Trinajstić information content (AvgIpc) is 2.79. The van der Waals surface area contributed by atoms with E-state index < -0.39 is 0 Å². The second-order valence-electron chi connectivity index (χ2n) is 4.48. The van der Waals surface area contributed by atoms with Crippen molar-refractivity contribution in [2.75, 3.05) is 26.3 Å². The van der Waals surface area contributed by atoms with Crippen LogP contribution in [0.2, 0.25) is 0 Å². The number of aromatic nitrogens is 2. The van der Waals surface area contributed by atoms with Gasteiger partial charge in [-0.2, -0.15) is 0 Å². The first kappa shape index (κ1) is 11.8. The number of fused-ring (bicyclic) bond motifs is 1. The highest BCUT2D eigenvalue weighted by Crippen LogP contribution is 2.17. The van der Waals surface area contributed by atoms with Gasteiger partial charge in [-0.1, -0.05) is 11.3 Å². The Kier molecular flexibility index (Phi) is 3.15. The van der Waals surface area contributed by atoms with E-state index in [2.05, 4.69) is 9.88 Å². The maximum atomic E-state index is 11.9. The molecule has 6 heteroatoms. The number of nitrogens with zero attached hydrogens (tertiary/aromatic N) is 3. The molecule has 0 aliphatic carbocycles. The maximum absolute atomic E-state index is 11.9. The van der Waals surface area contributed by atoms with Crippen LogP contribution in [0.5, 0.6) is 0 Å². The van der Waals surface area contributed by atoms with Crippen molar-refractivity contribution in [1.29, 1.82) is 0 Å². The van der Waals surface area contributed by atoms with Crippen LogP contribution in [0, 0.1) is 6.92 Å². The first-order valence-corrected chi connectivity index (χ1v) is 6.82. The zero-order valence-electron chi connectivity index (χ0n) is 10.3. The molecule has 0 amide bonds. The van der Waals surface area contributed by atoms with Gasteiger partial charge in [-0.3, -0.25) is 14.1 Å². The van der Waals surface area contributed by atoms with Crippen molar-refractivity contribution in [3.8, 4) is 0 Å². The van der Waals surface area contributed by atoms with Gasteiger partial charge in [-0.05, 0) is 6.92 Å². The third-order valence-corrected chi connectivity index (χ3v) is 4.09. The van der Waals surface area contributed by atoms with Crippen LogP contribution in [0.25, 0.3) is 4.96 Å². The minimum absolute atomic E-state index is 0.0319. The van der Waals surface area contributed by atoms with Crippen LogP contribution in [0.3, 0.4) is 0 Å². The Bertz CT molecular complexity index is 613. The Morgan fingerprint density at radius 2 is 2.22 bits per heavy atom. The molecule has 1 saturated heterocycles. The third-order valence-electron chi connectivity index (χ3n) is 3.11. The molecule has 0 N–H and O–H groups in total. The van der Waals surface area contributed by atoms with Gasteiger partial charge in [0.15, 0.2) is 4.96 Å². The first-order valence-electron chi connectivity index (χ1n) is 6.01. The molecule has 3 heterocycles. The number of morpholine rings is 1. The van der Waals surface area contributed by atoms with Crippen molar-refractivity contribution in [3.05, 3.63) is 33.2 Å². The molecule has 1 aliphatic heterocycles. The summed E-state index contributed by atoms with van der Waals surface area (Å²) in [7, 11) is 0. The molecule has 0 saturated carbocycles. The largest absolute Gasteiger partial charge is 0.379 e. The Labute approximate surface area is 109 Å². The summed E-state index contributed by atoms with van der Waals surface area (Å²) in [6.07, 6.45) is 3.56. The summed E-state index contributed by atoms with van der Waals surface area (Å²) in [5.74, 6) is 0. The molecule has 0 bridgehead atoms. The number of thiazole rings is 1. The van der Waals surface area contributed by atoms with Gasteiger partial charge < -0.3 is 4.74 Å². The van der Waals surface area contributed by atoms with E-state index in [9.17, 15) is 4.79 Å². The summed E-state index contributed by atoms with van der Waals surface area (Å²) >= 11 is 1.58. The monoisotopic (exact) mass is 265 g/mol. The molecular weight excluding hydrogens is 250 g/mol. The first-order chi connectivity index (χ1) is 8.74. The molecule has 2 aromatic rings. The number of hydrogen-bond acceptors (Lipinski definition) is 5. The van der Waals surface area contributed by atoms with Crippen molar-refractivity contribution in [2.24, 2.45) is 0 Å². The zero-order valence-corrected chi connectivity index (χ0v) is 11.1. The van der Waals surface area contributed by atoms with E-state index in [0.717, 1.165) is 37.8 Å². The van der Waals surface area contributed by atoms with E-state index >= 15 is 0 Å². The predicted octanol–water partition coefficient (Wildman–Crippen LogP) is 0.897. The van der Waals surface area contributed by atoms with Crippen molar-refractivity contribution in [1.82, 2.24) is 14.3 Å². The van der Waals surface area contributed by atoms with Gasteiger partial charge in [0.25, 0.3) is 5.56 Å². The Morgan fingerprint density at radius 3 is 3.00 bits per heavy atom. The smallest absolute Gasteiger partial charge is 0.261 e. The molecule has 1 fully saturated rings. The average molecular weight is 265 g/mol. The van der Waals surface area contributed by atoms with Gasteiger partial charge in [0.1, 0.15) is 0 Å². The molecule has 0 radical (unpaired) electrons. The van der Waals surface area contributed by atoms with Crippen LogP contribution >= 0.6 is 11.3 Å². The molecule has 2 aromatic heterocycles. The molecule has 3 rings (SSSR count). The second kappa shape index (κ2) is 4.79. The summed E-state index contributed by atoms with van der Waals surface area (Å²) in [6.45, 7) is 6.16. The van der Waals surface area contributed by atoms with Crippen molar-refractivity contribution < 1.29 is 4.74 Å². The van der Waals surface area contributed by atoms with Crippen molar-refractivity contribution in [3.63, 3.8) is 0 Å². The standard InChI is InChI=1S/C12H15N3O2S/c1-9-6-13-12-15(11(9)16)8-10(18-12)7-14-2-4-17-5-3-14/h6,8H,2-5,7H2,1H3. The summed E-state index contributed by atoms with van der Waals surface area (Å²) < 4.78 is 6.97. The van der Waals surface area contributed by atoms with Gasteiger partial charge >= 0.3 is 0 Å². The molecule has 0 aromatic carbocycles. The maximum Gasteiger partial charge on any atom is 0.261 e. The van der Waals surface area contributed by atoms with Gasteiger partial charge in [0.05, 0.1) is 13.2 Å². The highest BCUT2D eigenvalue weighted by Gasteiger charge is 2.13. The quantitative estimate of drug-likeness (QED) is 0.809. The van der Waals surface area contributed by atoms with Gasteiger partial charge in [0, 0.05) is 42.5 Å². The number of hydrogen-bond donors (Lipinski definition) is 0. The summed E-state index contributed by atoms with van der Waals surface area (Å²) in [6, 6.07) is 0. The van der Waals surface area contributed by atoms with E-state index in [1.807, 2.05) is 6.20 Å². The van der Waals surface area contributed by atoms with Gasteiger partial charge in [0.2, 0.25) is 0 Å². The molecule has 96 valence electrons. The van der Waals surface area contributed by atoms with Crippen LogP contribution in [-0.4, -0.2) is 40.6 Å². The lowest BCUT2D eigenvalue weighted by atomic mass is 10.4. The zero-order chi connectivity index (χ0) is 12.5. The van der Waals surface area contributed by atoms with Crippen LogP contribution < -0.4 is 5.56 Å². The predicted molar refractivity (Wildman–Crippen MR) is 70.2 cm³/mol. The van der Waals surface area contributed by atoms with Gasteiger partial charge in [-0.15, -0.1) is 0 Å². The molecule has 18 heavy (non-hydrogen) atoms. The Balaban J connectivity index is 1.89. The number of ether oxygens (including phenoxy) is 1. The fourth-order valence-corrected chi connectivity index (χ4v) is 3.06. The fraction of sp³-hybridized carbons (Fsp3) is 0.500. The van der Waals surface area contributed by atoms with E-state index in [4.69, 9.17) is 4.74 Å². The van der Waals surface area contributed by atoms with E-state index in [0.29, 0.717) is 5.56 Å². The second-order valence-corrected chi connectivity index (χ2v) is 5.58. The molecule has 0 spiro atoms. The van der Waals surface area contributed by atoms with E-state index in [1.54, 1.807) is 28.9 Å². The van der Waals surface area contributed by atoms with Crippen molar-refractivity contribution >= 4 is 16.3 Å². The topological polar surface area (TPSA) is 46.8 Å². The third kappa shape index (κ3) is 2.19. The van der Waals surface area contributed by atoms with Crippen LogP contribution in [0.4, 0.5) is 0 Å². The molecule has 0 atom stereocenters. The summed E-state index contributed by atoms with van der Waals surface area (Å²) in [5, 5.41) is 0. The lowest BCUT2D eigenvalue weighted by Gasteiger charge is -2.25. The molecular formula is C12H15N3O2S. The summed E-state index contributed by atoms with van der Waals surface area (Å²) in [4.78, 5) is 20.5. The highest BCUT2D eigenvalue weighted by molar-refractivity contribution is 7.17. The lowest BCUT2D eigenvalue weighted by Crippen LogP contribution is -2.35.